The van der Waals surface area contributed by atoms with Crippen molar-refractivity contribution in [2.45, 2.75) is 19.9 Å². The molecule has 0 aliphatic heterocycles. The van der Waals surface area contributed by atoms with E-state index >= 15 is 0 Å². The van der Waals surface area contributed by atoms with Gasteiger partial charge in [0.2, 0.25) is 5.82 Å². The van der Waals surface area contributed by atoms with Crippen LogP contribution in [0.15, 0.2) is 17.5 Å². The first-order valence-electron chi connectivity index (χ1n) is 5.48. The summed E-state index contributed by atoms with van der Waals surface area (Å²) in [6, 6.07) is 3.97. The minimum Gasteiger partial charge on any atom is -0.357 e. The highest BCUT2D eigenvalue weighted by Crippen LogP contribution is 2.31. The monoisotopic (exact) mass is 266 g/mol. The van der Waals surface area contributed by atoms with E-state index in [1.54, 1.807) is 25.3 Å². The van der Waals surface area contributed by atoms with E-state index in [1.807, 2.05) is 24.4 Å². The standard InChI is InChI=1S/C11H14N4O2S/c1-7(9-5-4-6-18-9)12-11-10(15(16)17)8(2)13-14(11)3/h4-7,12H,1-3H3. The van der Waals surface area contributed by atoms with Crippen LogP contribution in [0, 0.1) is 17.0 Å². The second-order valence-corrected chi connectivity index (χ2v) is 5.02. The summed E-state index contributed by atoms with van der Waals surface area (Å²) in [6.07, 6.45) is 0. The van der Waals surface area contributed by atoms with Gasteiger partial charge in [-0.15, -0.1) is 11.3 Å². The van der Waals surface area contributed by atoms with Gasteiger partial charge in [-0.3, -0.25) is 10.1 Å². The number of nitro groups is 1. The van der Waals surface area contributed by atoms with E-state index in [-0.39, 0.29) is 11.7 Å². The zero-order chi connectivity index (χ0) is 13.3. The van der Waals surface area contributed by atoms with Crippen molar-refractivity contribution in [1.29, 1.82) is 0 Å². The number of nitrogens with zero attached hydrogens (tertiary/aromatic N) is 3. The summed E-state index contributed by atoms with van der Waals surface area (Å²) in [5.41, 5.74) is 0.462. The molecule has 1 unspecified atom stereocenters. The Labute approximate surface area is 108 Å². The molecule has 2 rings (SSSR count). The number of aromatic nitrogens is 2. The molecule has 0 radical (unpaired) electrons. The van der Waals surface area contributed by atoms with Crippen LogP contribution in [0.2, 0.25) is 0 Å². The second-order valence-electron chi connectivity index (χ2n) is 4.04. The average molecular weight is 266 g/mol. The third-order valence-electron chi connectivity index (χ3n) is 2.70. The molecule has 6 nitrogen and oxygen atoms in total. The Bertz CT molecular complexity index is 562. The van der Waals surface area contributed by atoms with Crippen LogP contribution < -0.4 is 5.32 Å². The SMILES string of the molecule is Cc1nn(C)c(NC(C)c2cccs2)c1[N+](=O)[O-]. The van der Waals surface area contributed by atoms with Crippen molar-refractivity contribution in [3.05, 3.63) is 38.2 Å². The quantitative estimate of drug-likeness (QED) is 0.682. The normalized spacial score (nSPS) is 12.4. The maximum Gasteiger partial charge on any atom is 0.333 e. The highest BCUT2D eigenvalue weighted by atomic mass is 32.1. The molecule has 1 atom stereocenters. The topological polar surface area (TPSA) is 73.0 Å². The second kappa shape index (κ2) is 4.77. The number of rotatable bonds is 4. The highest BCUT2D eigenvalue weighted by Gasteiger charge is 2.25. The molecule has 2 heterocycles. The molecule has 18 heavy (non-hydrogen) atoms. The lowest BCUT2D eigenvalue weighted by Gasteiger charge is -2.12. The molecule has 0 saturated heterocycles. The molecular formula is C11H14N4O2S. The lowest BCUT2D eigenvalue weighted by molar-refractivity contribution is -0.384. The van der Waals surface area contributed by atoms with Gasteiger partial charge in [0.05, 0.1) is 11.0 Å². The molecule has 0 amide bonds. The summed E-state index contributed by atoms with van der Waals surface area (Å²) in [4.78, 5) is 11.8. The molecule has 2 aromatic rings. The molecule has 2 aromatic heterocycles. The fourth-order valence-electron chi connectivity index (χ4n) is 1.84. The zero-order valence-electron chi connectivity index (χ0n) is 10.4. The maximum absolute atomic E-state index is 11.0. The van der Waals surface area contributed by atoms with Crippen LogP contribution in [0.5, 0.6) is 0 Å². The summed E-state index contributed by atoms with van der Waals surface area (Å²) >= 11 is 1.62. The molecule has 0 aliphatic carbocycles. The van der Waals surface area contributed by atoms with E-state index in [2.05, 4.69) is 10.4 Å². The zero-order valence-corrected chi connectivity index (χ0v) is 11.2. The third-order valence-corrected chi connectivity index (χ3v) is 3.75. The van der Waals surface area contributed by atoms with E-state index in [1.165, 1.54) is 4.68 Å². The van der Waals surface area contributed by atoms with Crippen LogP contribution in [-0.2, 0) is 7.05 Å². The number of hydrogen-bond acceptors (Lipinski definition) is 5. The van der Waals surface area contributed by atoms with Gasteiger partial charge < -0.3 is 5.32 Å². The summed E-state index contributed by atoms with van der Waals surface area (Å²) in [7, 11) is 1.70. The molecule has 0 bridgehead atoms. The molecule has 0 spiro atoms. The smallest absolute Gasteiger partial charge is 0.333 e. The van der Waals surface area contributed by atoms with E-state index in [9.17, 15) is 10.1 Å². The minimum atomic E-state index is -0.397. The number of hydrogen-bond donors (Lipinski definition) is 1. The van der Waals surface area contributed by atoms with Crippen LogP contribution in [0.1, 0.15) is 23.5 Å². The Hall–Kier alpha value is -1.89. The molecule has 0 fully saturated rings. The predicted octanol–water partition coefficient (Wildman–Crippen LogP) is 2.87. The van der Waals surface area contributed by atoms with Crippen molar-refractivity contribution in [3.63, 3.8) is 0 Å². The Morgan fingerprint density at radius 2 is 2.33 bits per heavy atom. The fourth-order valence-corrected chi connectivity index (χ4v) is 2.58. The molecular weight excluding hydrogens is 252 g/mol. The first-order chi connectivity index (χ1) is 8.50. The van der Waals surface area contributed by atoms with Crippen molar-refractivity contribution in [2.75, 3.05) is 5.32 Å². The van der Waals surface area contributed by atoms with Gasteiger partial charge in [0.25, 0.3) is 0 Å². The van der Waals surface area contributed by atoms with Gasteiger partial charge in [-0.1, -0.05) is 6.07 Å². The Balaban J connectivity index is 2.31. The van der Waals surface area contributed by atoms with Gasteiger partial charge in [0.1, 0.15) is 5.69 Å². The number of aryl methyl sites for hydroxylation is 2. The van der Waals surface area contributed by atoms with Crippen molar-refractivity contribution in [2.24, 2.45) is 7.05 Å². The van der Waals surface area contributed by atoms with Gasteiger partial charge >= 0.3 is 5.69 Å². The number of nitrogens with one attached hydrogen (secondary N) is 1. The van der Waals surface area contributed by atoms with E-state index < -0.39 is 4.92 Å². The van der Waals surface area contributed by atoms with Crippen molar-refractivity contribution in [1.82, 2.24) is 9.78 Å². The lowest BCUT2D eigenvalue weighted by atomic mass is 10.2. The van der Waals surface area contributed by atoms with Gasteiger partial charge in [-0.25, -0.2) is 4.68 Å². The predicted molar refractivity (Wildman–Crippen MR) is 71.0 cm³/mol. The summed E-state index contributed by atoms with van der Waals surface area (Å²) in [5.74, 6) is 0.443. The van der Waals surface area contributed by atoms with E-state index in [0.29, 0.717) is 11.5 Å². The summed E-state index contributed by atoms with van der Waals surface area (Å²) < 4.78 is 1.51. The molecule has 1 N–H and O–H groups in total. The first-order valence-corrected chi connectivity index (χ1v) is 6.36. The number of thiophene rings is 1. The van der Waals surface area contributed by atoms with Crippen LogP contribution in [-0.4, -0.2) is 14.7 Å². The minimum absolute atomic E-state index is 0.0125. The largest absolute Gasteiger partial charge is 0.357 e. The third kappa shape index (κ3) is 2.21. The average Bonchev–Trinajstić information content (AvgIpc) is 2.87. The lowest BCUT2D eigenvalue weighted by Crippen LogP contribution is -2.10. The van der Waals surface area contributed by atoms with E-state index in [0.717, 1.165) is 4.88 Å². The molecule has 96 valence electrons. The van der Waals surface area contributed by atoms with Gasteiger partial charge in [-0.05, 0) is 25.3 Å². The summed E-state index contributed by atoms with van der Waals surface area (Å²) in [5, 5.41) is 20.3. The first kappa shape index (κ1) is 12.6. The fraction of sp³-hybridized carbons (Fsp3) is 0.364. The van der Waals surface area contributed by atoms with Crippen LogP contribution in [0.3, 0.4) is 0 Å². The Morgan fingerprint density at radius 3 is 2.89 bits per heavy atom. The van der Waals surface area contributed by atoms with Crippen LogP contribution >= 0.6 is 11.3 Å². The number of anilines is 1. The Kier molecular flexibility index (Phi) is 3.33. The van der Waals surface area contributed by atoms with Crippen LogP contribution in [0.4, 0.5) is 11.5 Å². The van der Waals surface area contributed by atoms with Crippen LogP contribution in [0.25, 0.3) is 0 Å². The molecule has 7 heteroatoms. The molecule has 0 saturated carbocycles. The van der Waals surface area contributed by atoms with Crippen molar-refractivity contribution in [3.8, 4) is 0 Å². The highest BCUT2D eigenvalue weighted by molar-refractivity contribution is 7.10. The van der Waals surface area contributed by atoms with Gasteiger partial charge in [0.15, 0.2) is 0 Å². The van der Waals surface area contributed by atoms with Gasteiger partial charge in [0, 0.05) is 11.9 Å². The molecule has 0 aromatic carbocycles. The van der Waals surface area contributed by atoms with Gasteiger partial charge in [-0.2, -0.15) is 5.10 Å². The Morgan fingerprint density at radius 1 is 1.61 bits per heavy atom. The van der Waals surface area contributed by atoms with Crippen molar-refractivity contribution >= 4 is 22.8 Å². The van der Waals surface area contributed by atoms with E-state index in [4.69, 9.17) is 0 Å². The maximum atomic E-state index is 11.0. The van der Waals surface area contributed by atoms with Crippen molar-refractivity contribution < 1.29 is 4.92 Å². The summed E-state index contributed by atoms with van der Waals surface area (Å²) in [6.45, 7) is 3.61. The molecule has 0 aliphatic rings.